The molecular formula is C21H23N3O2S. The third-order valence-corrected chi connectivity index (χ3v) is 4.85. The van der Waals surface area contributed by atoms with Crippen LogP contribution in [0.15, 0.2) is 60.0 Å². The van der Waals surface area contributed by atoms with Crippen molar-refractivity contribution in [3.05, 3.63) is 81.8 Å². The van der Waals surface area contributed by atoms with Gasteiger partial charge in [-0.15, -0.1) is 11.3 Å². The zero-order valence-corrected chi connectivity index (χ0v) is 16.3. The van der Waals surface area contributed by atoms with Crippen LogP contribution in [0.3, 0.4) is 0 Å². The van der Waals surface area contributed by atoms with Crippen LogP contribution in [-0.4, -0.2) is 23.0 Å². The first-order valence-electron chi connectivity index (χ1n) is 8.76. The minimum absolute atomic E-state index is 0.120. The molecule has 140 valence electrons. The zero-order chi connectivity index (χ0) is 19.1. The number of nitrogens with zero attached hydrogens (tertiary/aromatic N) is 2. The van der Waals surface area contributed by atoms with Crippen molar-refractivity contribution >= 4 is 17.4 Å². The number of carbonyl (C=O) groups is 1. The van der Waals surface area contributed by atoms with Gasteiger partial charge in [-0.25, -0.2) is 9.78 Å². The van der Waals surface area contributed by atoms with E-state index in [-0.39, 0.29) is 6.03 Å². The molecule has 0 radical (unpaired) electrons. The molecule has 0 fully saturated rings. The number of aryl methyl sites for hydroxylation is 1. The first-order valence-corrected chi connectivity index (χ1v) is 9.64. The predicted octanol–water partition coefficient (Wildman–Crippen LogP) is 4.37. The van der Waals surface area contributed by atoms with Crippen molar-refractivity contribution < 1.29 is 9.53 Å². The smallest absolute Gasteiger partial charge is 0.317 e. The fourth-order valence-corrected chi connectivity index (χ4v) is 3.16. The number of nitrogens with one attached hydrogen (secondary N) is 1. The maximum Gasteiger partial charge on any atom is 0.317 e. The number of benzene rings is 2. The number of urea groups is 1. The average Bonchev–Trinajstić information content (AvgIpc) is 3.10. The molecule has 0 atom stereocenters. The molecule has 0 saturated heterocycles. The van der Waals surface area contributed by atoms with Crippen molar-refractivity contribution in [2.45, 2.75) is 26.6 Å². The van der Waals surface area contributed by atoms with E-state index in [4.69, 9.17) is 4.74 Å². The van der Waals surface area contributed by atoms with Gasteiger partial charge >= 0.3 is 6.03 Å². The van der Waals surface area contributed by atoms with Crippen molar-refractivity contribution in [1.82, 2.24) is 15.2 Å². The van der Waals surface area contributed by atoms with E-state index in [2.05, 4.69) is 10.3 Å². The molecule has 1 heterocycles. The number of hydrogen-bond acceptors (Lipinski definition) is 4. The van der Waals surface area contributed by atoms with Crippen molar-refractivity contribution in [2.24, 2.45) is 0 Å². The normalized spacial score (nSPS) is 10.4. The van der Waals surface area contributed by atoms with Gasteiger partial charge in [-0.05, 0) is 30.2 Å². The van der Waals surface area contributed by atoms with Gasteiger partial charge in [0.15, 0.2) is 0 Å². The van der Waals surface area contributed by atoms with Crippen LogP contribution in [-0.2, 0) is 19.7 Å². The Morgan fingerprint density at radius 1 is 1.11 bits per heavy atom. The highest BCUT2D eigenvalue weighted by Crippen LogP contribution is 2.14. The molecule has 2 aromatic carbocycles. The van der Waals surface area contributed by atoms with Crippen LogP contribution in [0.25, 0.3) is 0 Å². The van der Waals surface area contributed by atoms with Crippen LogP contribution in [0.2, 0.25) is 0 Å². The average molecular weight is 382 g/mol. The molecule has 3 rings (SSSR count). The Morgan fingerprint density at radius 2 is 1.85 bits per heavy atom. The molecule has 0 aliphatic carbocycles. The number of rotatable bonds is 7. The van der Waals surface area contributed by atoms with Gasteiger partial charge in [0.2, 0.25) is 0 Å². The molecule has 2 amide bonds. The summed E-state index contributed by atoms with van der Waals surface area (Å²) in [5.74, 6) is 0.810. The van der Waals surface area contributed by atoms with Crippen LogP contribution in [0, 0.1) is 6.92 Å². The molecule has 6 heteroatoms. The lowest BCUT2D eigenvalue weighted by atomic mass is 10.2. The molecule has 0 unspecified atom stereocenters. The number of ether oxygens (including phenoxy) is 1. The third kappa shape index (κ3) is 5.82. The molecule has 5 nitrogen and oxygen atoms in total. The summed E-state index contributed by atoms with van der Waals surface area (Å²) in [4.78, 5) is 18.2. The van der Waals surface area contributed by atoms with Gasteiger partial charge in [0.1, 0.15) is 12.4 Å². The Morgan fingerprint density at radius 3 is 2.52 bits per heavy atom. The standard InChI is InChI=1S/C21H23N3O2S/c1-16-23-19(15-27-16)13-24(2)21(25)22-12-17-8-10-20(11-9-17)26-14-18-6-4-3-5-7-18/h3-11,15H,12-14H2,1-2H3,(H,22,25). The van der Waals surface area contributed by atoms with Gasteiger partial charge < -0.3 is 15.0 Å². The third-order valence-electron chi connectivity index (χ3n) is 4.03. The Labute approximate surface area is 163 Å². The minimum Gasteiger partial charge on any atom is -0.489 e. The molecule has 1 aromatic heterocycles. The monoisotopic (exact) mass is 381 g/mol. The maximum atomic E-state index is 12.2. The van der Waals surface area contributed by atoms with Crippen molar-refractivity contribution in [3.63, 3.8) is 0 Å². The SMILES string of the molecule is Cc1nc(CN(C)C(=O)NCc2ccc(OCc3ccccc3)cc2)cs1. The van der Waals surface area contributed by atoms with E-state index in [1.165, 1.54) is 0 Å². The molecule has 0 spiro atoms. The Hall–Kier alpha value is -2.86. The lowest BCUT2D eigenvalue weighted by Gasteiger charge is -2.17. The second-order valence-electron chi connectivity index (χ2n) is 6.29. The van der Waals surface area contributed by atoms with E-state index in [0.29, 0.717) is 19.7 Å². The van der Waals surface area contributed by atoms with Crippen molar-refractivity contribution in [2.75, 3.05) is 7.05 Å². The maximum absolute atomic E-state index is 12.2. The van der Waals surface area contributed by atoms with Gasteiger partial charge in [-0.1, -0.05) is 42.5 Å². The largest absolute Gasteiger partial charge is 0.489 e. The first kappa shape index (κ1) is 18.9. The molecule has 0 saturated carbocycles. The highest BCUT2D eigenvalue weighted by Gasteiger charge is 2.10. The van der Waals surface area contributed by atoms with Gasteiger partial charge in [0, 0.05) is 19.0 Å². The lowest BCUT2D eigenvalue weighted by Crippen LogP contribution is -2.36. The van der Waals surface area contributed by atoms with Crippen molar-refractivity contribution in [3.8, 4) is 5.75 Å². The summed E-state index contributed by atoms with van der Waals surface area (Å²) in [6, 6.07) is 17.7. The van der Waals surface area contributed by atoms with Crippen LogP contribution >= 0.6 is 11.3 Å². The van der Waals surface area contributed by atoms with E-state index in [9.17, 15) is 4.79 Å². The summed E-state index contributed by atoms with van der Waals surface area (Å²) >= 11 is 1.59. The van der Waals surface area contributed by atoms with E-state index in [0.717, 1.165) is 27.6 Å². The molecule has 27 heavy (non-hydrogen) atoms. The summed E-state index contributed by atoms with van der Waals surface area (Å²) < 4.78 is 5.78. The summed E-state index contributed by atoms with van der Waals surface area (Å²) in [5, 5.41) is 5.91. The molecular weight excluding hydrogens is 358 g/mol. The number of thiazole rings is 1. The summed E-state index contributed by atoms with van der Waals surface area (Å²) in [7, 11) is 1.77. The lowest BCUT2D eigenvalue weighted by molar-refractivity contribution is 0.206. The summed E-state index contributed by atoms with van der Waals surface area (Å²) in [6.45, 7) is 3.47. The second kappa shape index (κ2) is 9.19. The quantitative estimate of drug-likeness (QED) is 0.661. The molecule has 0 bridgehead atoms. The van der Waals surface area contributed by atoms with Gasteiger partial charge in [-0.2, -0.15) is 0 Å². The number of aromatic nitrogens is 1. The zero-order valence-electron chi connectivity index (χ0n) is 15.5. The Balaban J connectivity index is 1.44. The van der Waals surface area contributed by atoms with E-state index < -0.39 is 0 Å². The topological polar surface area (TPSA) is 54.5 Å². The van der Waals surface area contributed by atoms with Crippen LogP contribution in [0.4, 0.5) is 4.79 Å². The van der Waals surface area contributed by atoms with E-state index >= 15 is 0 Å². The predicted molar refractivity (Wildman–Crippen MR) is 108 cm³/mol. The molecule has 0 aliphatic rings. The van der Waals surface area contributed by atoms with E-state index in [1.54, 1.807) is 23.3 Å². The van der Waals surface area contributed by atoms with E-state index in [1.807, 2.05) is 66.9 Å². The number of hydrogen-bond donors (Lipinski definition) is 1. The van der Waals surface area contributed by atoms with Crippen molar-refractivity contribution in [1.29, 1.82) is 0 Å². The van der Waals surface area contributed by atoms with Crippen LogP contribution in [0.5, 0.6) is 5.75 Å². The Kier molecular flexibility index (Phi) is 6.44. The van der Waals surface area contributed by atoms with Gasteiger partial charge in [-0.3, -0.25) is 0 Å². The van der Waals surface area contributed by atoms with Crippen LogP contribution in [0.1, 0.15) is 21.8 Å². The molecule has 3 aromatic rings. The first-order chi connectivity index (χ1) is 13.1. The molecule has 0 aliphatic heterocycles. The summed E-state index contributed by atoms with van der Waals surface area (Å²) in [6.07, 6.45) is 0. The number of amides is 2. The van der Waals surface area contributed by atoms with Gasteiger partial charge in [0.05, 0.1) is 17.2 Å². The molecule has 1 N–H and O–H groups in total. The Bertz CT molecular complexity index is 863. The highest BCUT2D eigenvalue weighted by atomic mass is 32.1. The fraction of sp³-hybridized carbons (Fsp3) is 0.238. The van der Waals surface area contributed by atoms with Crippen LogP contribution < -0.4 is 10.1 Å². The fourth-order valence-electron chi connectivity index (χ4n) is 2.55. The highest BCUT2D eigenvalue weighted by molar-refractivity contribution is 7.09. The minimum atomic E-state index is -0.120. The second-order valence-corrected chi connectivity index (χ2v) is 7.35. The summed E-state index contributed by atoms with van der Waals surface area (Å²) in [5.41, 5.74) is 3.07. The number of carbonyl (C=O) groups excluding carboxylic acids is 1. The van der Waals surface area contributed by atoms with Gasteiger partial charge in [0.25, 0.3) is 0 Å².